The van der Waals surface area contributed by atoms with Crippen LogP contribution in [0.3, 0.4) is 0 Å². The average Bonchev–Trinajstić information content (AvgIpc) is 2.39. The molecule has 3 heteroatoms. The highest BCUT2D eigenvalue weighted by molar-refractivity contribution is 7.99. The fourth-order valence-electron chi connectivity index (χ4n) is 2.63. The number of hydrogen-bond acceptors (Lipinski definition) is 2. The average molecular weight is 280 g/mol. The van der Waals surface area contributed by atoms with Gasteiger partial charge in [0.2, 0.25) is 0 Å². The number of halogens is 1. The standard InChI is InChI=1S/C16H21FOS/c1-12-3-2-4-15(11-12)19-10-9-16(18)13-5-7-14(17)8-6-13/h5-8,12,15H,2-4,9-11H2,1H3. The first kappa shape index (κ1) is 14.6. The number of Topliss-reactive ketones (excluding diaryl/α,β-unsaturated/α-hetero) is 1. The molecule has 0 saturated heterocycles. The van der Waals surface area contributed by atoms with Crippen LogP contribution in [0.4, 0.5) is 4.39 Å². The van der Waals surface area contributed by atoms with Crippen molar-refractivity contribution in [1.29, 1.82) is 0 Å². The van der Waals surface area contributed by atoms with Crippen LogP contribution < -0.4 is 0 Å². The summed E-state index contributed by atoms with van der Waals surface area (Å²) in [5, 5.41) is 0.727. The van der Waals surface area contributed by atoms with E-state index >= 15 is 0 Å². The second-order valence-corrected chi connectivity index (χ2v) is 6.85. The van der Waals surface area contributed by atoms with Crippen molar-refractivity contribution in [3.63, 3.8) is 0 Å². The predicted molar refractivity (Wildman–Crippen MR) is 79.2 cm³/mol. The summed E-state index contributed by atoms with van der Waals surface area (Å²) in [6.07, 6.45) is 5.81. The zero-order valence-electron chi connectivity index (χ0n) is 11.4. The molecule has 1 fully saturated rings. The molecule has 0 spiro atoms. The van der Waals surface area contributed by atoms with E-state index < -0.39 is 0 Å². The Morgan fingerprint density at radius 3 is 2.74 bits per heavy atom. The molecule has 0 N–H and O–H groups in total. The van der Waals surface area contributed by atoms with Crippen LogP contribution in [0.15, 0.2) is 24.3 Å². The molecule has 0 aromatic heterocycles. The third-order valence-electron chi connectivity index (χ3n) is 3.74. The van der Waals surface area contributed by atoms with E-state index in [1.54, 1.807) is 12.1 Å². The highest BCUT2D eigenvalue weighted by atomic mass is 32.2. The maximum Gasteiger partial charge on any atom is 0.163 e. The van der Waals surface area contributed by atoms with Gasteiger partial charge in [0.15, 0.2) is 5.78 Å². The summed E-state index contributed by atoms with van der Waals surface area (Å²) < 4.78 is 12.8. The minimum absolute atomic E-state index is 0.122. The number of carbonyl (C=O) groups excluding carboxylic acids is 1. The normalized spacial score (nSPS) is 23.3. The molecule has 2 atom stereocenters. The number of carbonyl (C=O) groups is 1. The van der Waals surface area contributed by atoms with Crippen LogP contribution in [0.1, 0.15) is 49.4 Å². The van der Waals surface area contributed by atoms with Crippen molar-refractivity contribution >= 4 is 17.5 Å². The van der Waals surface area contributed by atoms with E-state index in [0.29, 0.717) is 12.0 Å². The summed E-state index contributed by atoms with van der Waals surface area (Å²) in [4.78, 5) is 11.9. The highest BCUT2D eigenvalue weighted by Gasteiger charge is 2.19. The molecule has 1 aliphatic rings. The molecular weight excluding hydrogens is 259 g/mol. The molecule has 1 saturated carbocycles. The van der Waals surface area contributed by atoms with Crippen LogP contribution in [0.25, 0.3) is 0 Å². The Morgan fingerprint density at radius 2 is 2.05 bits per heavy atom. The van der Waals surface area contributed by atoms with E-state index in [-0.39, 0.29) is 11.6 Å². The molecule has 1 aromatic rings. The Labute approximate surface area is 119 Å². The maximum absolute atomic E-state index is 12.8. The van der Waals surface area contributed by atoms with Crippen LogP contribution in [-0.2, 0) is 0 Å². The van der Waals surface area contributed by atoms with E-state index in [2.05, 4.69) is 6.92 Å². The lowest BCUT2D eigenvalue weighted by molar-refractivity contribution is 0.0989. The van der Waals surface area contributed by atoms with E-state index in [1.165, 1.54) is 37.8 Å². The zero-order chi connectivity index (χ0) is 13.7. The van der Waals surface area contributed by atoms with Gasteiger partial charge in [0.25, 0.3) is 0 Å². The fourth-order valence-corrected chi connectivity index (χ4v) is 4.06. The molecule has 1 nitrogen and oxygen atoms in total. The lowest BCUT2D eigenvalue weighted by Gasteiger charge is -2.26. The van der Waals surface area contributed by atoms with Crippen LogP contribution in [0, 0.1) is 11.7 Å². The molecule has 104 valence electrons. The molecule has 2 rings (SSSR count). The first-order valence-electron chi connectivity index (χ1n) is 7.05. The lowest BCUT2D eigenvalue weighted by atomic mass is 9.91. The SMILES string of the molecule is CC1CCCC(SCCC(=O)c2ccc(F)cc2)C1. The Hall–Kier alpha value is -0.830. The van der Waals surface area contributed by atoms with Gasteiger partial charge in [-0.3, -0.25) is 4.79 Å². The van der Waals surface area contributed by atoms with Crippen LogP contribution in [0.2, 0.25) is 0 Å². The summed E-state index contributed by atoms with van der Waals surface area (Å²) in [5.74, 6) is 1.55. The van der Waals surface area contributed by atoms with Crippen molar-refractivity contribution < 1.29 is 9.18 Å². The number of ketones is 1. The first-order chi connectivity index (χ1) is 9.15. The lowest BCUT2D eigenvalue weighted by Crippen LogP contribution is -2.16. The largest absolute Gasteiger partial charge is 0.294 e. The Bertz CT molecular complexity index is 415. The molecule has 0 bridgehead atoms. The second-order valence-electron chi connectivity index (χ2n) is 5.44. The van der Waals surface area contributed by atoms with Crippen molar-refractivity contribution in [3.8, 4) is 0 Å². The predicted octanol–water partition coefficient (Wildman–Crippen LogP) is 4.71. The van der Waals surface area contributed by atoms with Gasteiger partial charge in [0.05, 0.1) is 0 Å². The third-order valence-corrected chi connectivity index (χ3v) is 5.08. The minimum atomic E-state index is -0.290. The monoisotopic (exact) mass is 280 g/mol. The van der Waals surface area contributed by atoms with Gasteiger partial charge in [0, 0.05) is 23.0 Å². The van der Waals surface area contributed by atoms with Gasteiger partial charge in [-0.25, -0.2) is 4.39 Å². The molecule has 19 heavy (non-hydrogen) atoms. The molecule has 0 amide bonds. The summed E-state index contributed by atoms with van der Waals surface area (Å²) in [6, 6.07) is 5.85. The zero-order valence-corrected chi connectivity index (χ0v) is 12.2. The van der Waals surface area contributed by atoms with Gasteiger partial charge in [-0.15, -0.1) is 0 Å². The summed E-state index contributed by atoms with van der Waals surface area (Å²) in [6.45, 7) is 2.32. The molecule has 0 aliphatic heterocycles. The third kappa shape index (κ3) is 4.64. The molecule has 1 aliphatic carbocycles. The topological polar surface area (TPSA) is 17.1 Å². The molecular formula is C16H21FOS. The quantitative estimate of drug-likeness (QED) is 0.727. The van der Waals surface area contributed by atoms with Crippen LogP contribution >= 0.6 is 11.8 Å². The Kier molecular flexibility index (Phi) is 5.44. The fraction of sp³-hybridized carbons (Fsp3) is 0.562. The Balaban J connectivity index is 1.73. The highest BCUT2D eigenvalue weighted by Crippen LogP contribution is 2.32. The van der Waals surface area contributed by atoms with Crippen molar-refractivity contribution in [3.05, 3.63) is 35.6 Å². The number of hydrogen-bond donors (Lipinski definition) is 0. The minimum Gasteiger partial charge on any atom is -0.294 e. The number of benzene rings is 1. The van der Waals surface area contributed by atoms with E-state index in [9.17, 15) is 9.18 Å². The molecule has 0 radical (unpaired) electrons. The van der Waals surface area contributed by atoms with Crippen molar-refractivity contribution in [2.75, 3.05) is 5.75 Å². The number of thioether (sulfide) groups is 1. The molecule has 0 heterocycles. The van der Waals surface area contributed by atoms with E-state index in [0.717, 1.165) is 16.9 Å². The summed E-state index contributed by atoms with van der Waals surface area (Å²) >= 11 is 1.93. The van der Waals surface area contributed by atoms with Crippen molar-refractivity contribution in [2.24, 2.45) is 5.92 Å². The Morgan fingerprint density at radius 1 is 1.32 bits per heavy atom. The van der Waals surface area contributed by atoms with E-state index in [1.807, 2.05) is 11.8 Å². The molecule has 1 aromatic carbocycles. The number of rotatable bonds is 5. The van der Waals surface area contributed by atoms with Gasteiger partial charge in [-0.1, -0.05) is 19.8 Å². The van der Waals surface area contributed by atoms with Crippen molar-refractivity contribution in [1.82, 2.24) is 0 Å². The van der Waals surface area contributed by atoms with Crippen LogP contribution in [0.5, 0.6) is 0 Å². The maximum atomic E-state index is 12.8. The van der Waals surface area contributed by atoms with Gasteiger partial charge < -0.3 is 0 Å². The first-order valence-corrected chi connectivity index (χ1v) is 8.10. The summed E-state index contributed by atoms with van der Waals surface area (Å²) in [5.41, 5.74) is 0.624. The van der Waals surface area contributed by atoms with Crippen molar-refractivity contribution in [2.45, 2.75) is 44.3 Å². The smallest absolute Gasteiger partial charge is 0.163 e. The second kappa shape index (κ2) is 7.09. The van der Waals surface area contributed by atoms with Gasteiger partial charge in [-0.05, 0) is 43.0 Å². The van der Waals surface area contributed by atoms with Gasteiger partial charge in [0.1, 0.15) is 5.82 Å². The van der Waals surface area contributed by atoms with Crippen LogP contribution in [-0.4, -0.2) is 16.8 Å². The summed E-state index contributed by atoms with van der Waals surface area (Å²) in [7, 11) is 0. The van der Waals surface area contributed by atoms with Gasteiger partial charge in [-0.2, -0.15) is 11.8 Å². The molecule has 2 unspecified atom stereocenters. The van der Waals surface area contributed by atoms with Gasteiger partial charge >= 0.3 is 0 Å². The van der Waals surface area contributed by atoms with E-state index in [4.69, 9.17) is 0 Å².